The first kappa shape index (κ1) is 16.5. The number of anilines is 1. The Morgan fingerprint density at radius 1 is 1.17 bits per heavy atom. The fourth-order valence-electron chi connectivity index (χ4n) is 3.10. The Labute approximate surface area is 143 Å². The molecule has 0 spiro atoms. The van der Waals surface area contributed by atoms with Crippen molar-refractivity contribution in [2.45, 2.75) is 6.54 Å². The van der Waals surface area contributed by atoms with E-state index in [1.807, 2.05) is 42.4 Å². The molecule has 3 rings (SSSR count). The van der Waals surface area contributed by atoms with Gasteiger partial charge in [-0.1, -0.05) is 18.2 Å². The Morgan fingerprint density at radius 3 is 2.50 bits per heavy atom. The van der Waals surface area contributed by atoms with E-state index in [0.29, 0.717) is 6.54 Å². The first-order valence-corrected chi connectivity index (χ1v) is 8.35. The number of hydrogen-bond acceptors (Lipinski definition) is 4. The molecule has 24 heavy (non-hydrogen) atoms. The Hall–Kier alpha value is -2.34. The Kier molecular flexibility index (Phi) is 5.15. The minimum atomic E-state index is 0.203. The fraction of sp³-hybridized carbons (Fsp3) is 0.444. The summed E-state index contributed by atoms with van der Waals surface area (Å²) in [7, 11) is 3.88. The molecule has 1 fully saturated rings. The van der Waals surface area contributed by atoms with Gasteiger partial charge in [-0.05, 0) is 19.2 Å². The van der Waals surface area contributed by atoms with Gasteiger partial charge >= 0.3 is 0 Å². The van der Waals surface area contributed by atoms with Gasteiger partial charge < -0.3 is 9.80 Å². The minimum Gasteiger partial charge on any atom is -0.368 e. The smallest absolute Gasteiger partial charge is 0.236 e. The number of rotatable bonds is 5. The Morgan fingerprint density at radius 2 is 1.88 bits per heavy atom. The molecule has 0 aliphatic carbocycles. The number of para-hydroxylation sites is 1. The molecule has 1 aliphatic rings. The van der Waals surface area contributed by atoms with E-state index in [0.717, 1.165) is 38.3 Å². The third kappa shape index (κ3) is 4.14. The molecule has 128 valence electrons. The molecule has 0 bridgehead atoms. The quantitative estimate of drug-likeness (QED) is 0.828. The number of aryl methyl sites for hydroxylation is 1. The van der Waals surface area contributed by atoms with Gasteiger partial charge in [0.2, 0.25) is 5.91 Å². The highest BCUT2D eigenvalue weighted by molar-refractivity contribution is 5.78. The maximum Gasteiger partial charge on any atom is 0.236 e. The van der Waals surface area contributed by atoms with Crippen LogP contribution < -0.4 is 4.90 Å². The molecule has 0 radical (unpaired) electrons. The predicted molar refractivity (Wildman–Crippen MR) is 94.8 cm³/mol. The van der Waals surface area contributed by atoms with Crippen molar-refractivity contribution >= 4 is 11.6 Å². The van der Waals surface area contributed by atoms with E-state index in [2.05, 4.69) is 34.3 Å². The minimum absolute atomic E-state index is 0.203. The SMILES string of the molecule is CN(CC(=O)N1CCN(c2ccccc2)CC1)Cc1cnn(C)c1. The summed E-state index contributed by atoms with van der Waals surface area (Å²) < 4.78 is 1.79. The van der Waals surface area contributed by atoms with Crippen molar-refractivity contribution in [3.8, 4) is 0 Å². The number of hydrogen-bond donors (Lipinski definition) is 0. The molecule has 6 heteroatoms. The second kappa shape index (κ2) is 7.49. The molecule has 2 heterocycles. The third-order valence-corrected chi connectivity index (χ3v) is 4.37. The van der Waals surface area contributed by atoms with Gasteiger partial charge in [0.1, 0.15) is 0 Å². The fourth-order valence-corrected chi connectivity index (χ4v) is 3.10. The van der Waals surface area contributed by atoms with Crippen LogP contribution in [0.4, 0.5) is 5.69 Å². The van der Waals surface area contributed by atoms with Crippen molar-refractivity contribution in [1.29, 1.82) is 0 Å². The van der Waals surface area contributed by atoms with E-state index in [1.165, 1.54) is 5.69 Å². The lowest BCUT2D eigenvalue weighted by atomic mass is 10.2. The average molecular weight is 327 g/mol. The first-order chi connectivity index (χ1) is 11.6. The lowest BCUT2D eigenvalue weighted by molar-refractivity contribution is -0.132. The molecular formula is C18H25N5O. The number of amides is 1. The lowest BCUT2D eigenvalue weighted by Crippen LogP contribution is -2.51. The summed E-state index contributed by atoms with van der Waals surface area (Å²) in [4.78, 5) is 18.8. The van der Waals surface area contributed by atoms with Crippen LogP contribution in [0.3, 0.4) is 0 Å². The third-order valence-electron chi connectivity index (χ3n) is 4.37. The van der Waals surface area contributed by atoms with E-state index in [1.54, 1.807) is 4.68 Å². The summed E-state index contributed by atoms with van der Waals surface area (Å²) in [5.41, 5.74) is 2.36. The molecule has 1 aromatic heterocycles. The van der Waals surface area contributed by atoms with E-state index in [9.17, 15) is 4.79 Å². The van der Waals surface area contributed by atoms with Gasteiger partial charge in [0.15, 0.2) is 0 Å². The van der Waals surface area contributed by atoms with Crippen LogP contribution in [-0.2, 0) is 18.4 Å². The molecule has 0 saturated carbocycles. The molecular weight excluding hydrogens is 302 g/mol. The first-order valence-electron chi connectivity index (χ1n) is 8.35. The summed E-state index contributed by atoms with van der Waals surface area (Å²) in [5.74, 6) is 0.203. The predicted octanol–water partition coefficient (Wildman–Crippen LogP) is 1.20. The summed E-state index contributed by atoms with van der Waals surface area (Å²) in [6.07, 6.45) is 3.83. The van der Waals surface area contributed by atoms with Gasteiger partial charge in [0, 0.05) is 57.2 Å². The highest BCUT2D eigenvalue weighted by Gasteiger charge is 2.22. The van der Waals surface area contributed by atoms with Crippen LogP contribution in [0.1, 0.15) is 5.56 Å². The molecule has 0 atom stereocenters. The van der Waals surface area contributed by atoms with Gasteiger partial charge in [-0.2, -0.15) is 5.10 Å². The molecule has 0 N–H and O–H groups in total. The van der Waals surface area contributed by atoms with Crippen LogP contribution in [-0.4, -0.2) is 65.3 Å². The van der Waals surface area contributed by atoms with Crippen molar-refractivity contribution in [3.05, 3.63) is 48.3 Å². The Bertz CT molecular complexity index is 661. The van der Waals surface area contributed by atoms with E-state index < -0.39 is 0 Å². The van der Waals surface area contributed by atoms with Gasteiger partial charge in [0.25, 0.3) is 0 Å². The second-order valence-electron chi connectivity index (χ2n) is 6.40. The highest BCUT2D eigenvalue weighted by atomic mass is 16.2. The maximum atomic E-state index is 12.5. The number of aromatic nitrogens is 2. The molecule has 6 nitrogen and oxygen atoms in total. The van der Waals surface area contributed by atoms with Gasteiger partial charge in [0.05, 0.1) is 12.7 Å². The molecule has 1 aromatic carbocycles. The van der Waals surface area contributed by atoms with Crippen molar-refractivity contribution in [3.63, 3.8) is 0 Å². The molecule has 1 amide bonds. The monoisotopic (exact) mass is 327 g/mol. The van der Waals surface area contributed by atoms with Gasteiger partial charge in [-0.3, -0.25) is 14.4 Å². The van der Waals surface area contributed by atoms with Crippen molar-refractivity contribution in [1.82, 2.24) is 19.6 Å². The van der Waals surface area contributed by atoms with Gasteiger partial charge in [-0.25, -0.2) is 0 Å². The lowest BCUT2D eigenvalue weighted by Gasteiger charge is -2.36. The summed E-state index contributed by atoms with van der Waals surface area (Å²) in [6.45, 7) is 4.54. The zero-order valence-corrected chi connectivity index (χ0v) is 14.4. The summed E-state index contributed by atoms with van der Waals surface area (Å²) in [6, 6.07) is 10.4. The van der Waals surface area contributed by atoms with Crippen LogP contribution in [0.5, 0.6) is 0 Å². The van der Waals surface area contributed by atoms with Crippen LogP contribution in [0.2, 0.25) is 0 Å². The van der Waals surface area contributed by atoms with Crippen LogP contribution in [0, 0.1) is 0 Å². The number of carbonyl (C=O) groups excluding carboxylic acids is 1. The van der Waals surface area contributed by atoms with Crippen LogP contribution in [0.25, 0.3) is 0 Å². The summed E-state index contributed by atoms with van der Waals surface area (Å²) in [5, 5.41) is 4.16. The maximum absolute atomic E-state index is 12.5. The van der Waals surface area contributed by atoms with Crippen LogP contribution >= 0.6 is 0 Å². The number of piperazine rings is 1. The molecule has 1 saturated heterocycles. The number of likely N-dealkylation sites (N-methyl/N-ethyl adjacent to an activating group) is 1. The number of nitrogens with zero attached hydrogens (tertiary/aromatic N) is 5. The standard InChI is InChI=1S/C18H25N5O/c1-20(13-16-12-19-21(2)14-16)15-18(24)23-10-8-22(9-11-23)17-6-4-3-5-7-17/h3-7,12,14H,8-11,13,15H2,1-2H3. The van der Waals surface area contributed by atoms with Crippen molar-refractivity contribution < 1.29 is 4.79 Å². The van der Waals surface area contributed by atoms with Crippen molar-refractivity contribution in [2.75, 3.05) is 44.7 Å². The molecule has 1 aliphatic heterocycles. The summed E-state index contributed by atoms with van der Waals surface area (Å²) >= 11 is 0. The average Bonchev–Trinajstić information content (AvgIpc) is 3.00. The number of benzene rings is 1. The largest absolute Gasteiger partial charge is 0.368 e. The van der Waals surface area contributed by atoms with E-state index in [4.69, 9.17) is 0 Å². The number of carbonyl (C=O) groups is 1. The molecule has 2 aromatic rings. The normalized spacial score (nSPS) is 15.1. The highest BCUT2D eigenvalue weighted by Crippen LogP contribution is 2.15. The van der Waals surface area contributed by atoms with E-state index >= 15 is 0 Å². The van der Waals surface area contributed by atoms with Crippen molar-refractivity contribution in [2.24, 2.45) is 7.05 Å². The van der Waals surface area contributed by atoms with Crippen LogP contribution in [0.15, 0.2) is 42.7 Å². The zero-order valence-electron chi connectivity index (χ0n) is 14.4. The molecule has 0 unspecified atom stereocenters. The zero-order chi connectivity index (χ0) is 16.9. The van der Waals surface area contributed by atoms with E-state index in [-0.39, 0.29) is 5.91 Å². The topological polar surface area (TPSA) is 44.6 Å². The van der Waals surface area contributed by atoms with Gasteiger partial charge in [-0.15, -0.1) is 0 Å². The second-order valence-corrected chi connectivity index (χ2v) is 6.40. The Balaban J connectivity index is 1.46.